The van der Waals surface area contributed by atoms with Crippen LogP contribution in [0.4, 0.5) is 0 Å². The van der Waals surface area contributed by atoms with E-state index in [0.29, 0.717) is 5.92 Å². The molecule has 0 bridgehead atoms. The Labute approximate surface area is 102 Å². The van der Waals surface area contributed by atoms with Gasteiger partial charge in [-0.05, 0) is 37.4 Å². The SMILES string of the molecule is CC(N)C1CCN(Cc2ccncc2Cl)C1. The quantitative estimate of drug-likeness (QED) is 0.876. The van der Waals surface area contributed by atoms with Crippen LogP contribution in [0.3, 0.4) is 0 Å². The zero-order valence-electron chi connectivity index (χ0n) is 9.56. The van der Waals surface area contributed by atoms with Crippen molar-refractivity contribution in [3.63, 3.8) is 0 Å². The number of hydrogen-bond donors (Lipinski definition) is 1. The van der Waals surface area contributed by atoms with E-state index in [9.17, 15) is 0 Å². The van der Waals surface area contributed by atoms with E-state index in [2.05, 4.69) is 16.8 Å². The van der Waals surface area contributed by atoms with Crippen molar-refractivity contribution in [2.24, 2.45) is 11.7 Å². The van der Waals surface area contributed by atoms with E-state index in [1.165, 1.54) is 6.42 Å². The summed E-state index contributed by atoms with van der Waals surface area (Å²) in [6.45, 7) is 5.19. The lowest BCUT2D eigenvalue weighted by molar-refractivity contribution is 0.308. The van der Waals surface area contributed by atoms with Gasteiger partial charge in [-0.25, -0.2) is 0 Å². The highest BCUT2D eigenvalue weighted by Crippen LogP contribution is 2.22. The van der Waals surface area contributed by atoms with Gasteiger partial charge in [0.05, 0.1) is 5.02 Å². The molecule has 0 aromatic carbocycles. The number of likely N-dealkylation sites (tertiary alicyclic amines) is 1. The lowest BCUT2D eigenvalue weighted by Crippen LogP contribution is -2.29. The molecule has 3 nitrogen and oxygen atoms in total. The lowest BCUT2D eigenvalue weighted by Gasteiger charge is -2.18. The summed E-state index contributed by atoms with van der Waals surface area (Å²) in [5.74, 6) is 0.626. The number of nitrogens with two attached hydrogens (primary N) is 1. The Kier molecular flexibility index (Phi) is 3.79. The van der Waals surface area contributed by atoms with Crippen molar-refractivity contribution in [1.29, 1.82) is 0 Å². The zero-order chi connectivity index (χ0) is 11.5. The predicted molar refractivity (Wildman–Crippen MR) is 66.3 cm³/mol. The van der Waals surface area contributed by atoms with Gasteiger partial charge >= 0.3 is 0 Å². The van der Waals surface area contributed by atoms with Gasteiger partial charge in [-0.1, -0.05) is 11.6 Å². The van der Waals surface area contributed by atoms with Crippen molar-refractivity contribution < 1.29 is 0 Å². The first-order chi connectivity index (χ1) is 7.66. The van der Waals surface area contributed by atoms with Crippen molar-refractivity contribution in [3.8, 4) is 0 Å². The molecule has 1 saturated heterocycles. The minimum atomic E-state index is 0.290. The summed E-state index contributed by atoms with van der Waals surface area (Å²) in [4.78, 5) is 6.40. The zero-order valence-corrected chi connectivity index (χ0v) is 10.3. The number of pyridine rings is 1. The third-order valence-corrected chi connectivity index (χ3v) is 3.64. The van der Waals surface area contributed by atoms with E-state index in [-0.39, 0.29) is 6.04 Å². The van der Waals surface area contributed by atoms with Crippen LogP contribution in [0.15, 0.2) is 18.5 Å². The van der Waals surface area contributed by atoms with Crippen LogP contribution in [0.25, 0.3) is 0 Å². The van der Waals surface area contributed by atoms with Crippen molar-refractivity contribution >= 4 is 11.6 Å². The van der Waals surface area contributed by atoms with Crippen LogP contribution in [-0.4, -0.2) is 29.0 Å². The third-order valence-electron chi connectivity index (χ3n) is 3.30. The fourth-order valence-corrected chi connectivity index (χ4v) is 2.39. The monoisotopic (exact) mass is 239 g/mol. The number of rotatable bonds is 3. The molecule has 2 rings (SSSR count). The highest BCUT2D eigenvalue weighted by Gasteiger charge is 2.25. The van der Waals surface area contributed by atoms with Crippen LogP contribution in [0.5, 0.6) is 0 Å². The highest BCUT2D eigenvalue weighted by molar-refractivity contribution is 6.31. The van der Waals surface area contributed by atoms with Crippen molar-refractivity contribution in [3.05, 3.63) is 29.0 Å². The summed E-state index contributed by atoms with van der Waals surface area (Å²) in [6.07, 6.45) is 4.69. The summed E-state index contributed by atoms with van der Waals surface area (Å²) in [6, 6.07) is 2.28. The molecule has 2 atom stereocenters. The van der Waals surface area contributed by atoms with E-state index in [1.54, 1.807) is 12.4 Å². The van der Waals surface area contributed by atoms with E-state index >= 15 is 0 Å². The molecule has 0 saturated carbocycles. The number of halogens is 1. The van der Waals surface area contributed by atoms with Crippen LogP contribution in [0.1, 0.15) is 18.9 Å². The smallest absolute Gasteiger partial charge is 0.0634 e. The minimum Gasteiger partial charge on any atom is -0.328 e. The Hall–Kier alpha value is -0.640. The average Bonchev–Trinajstić information content (AvgIpc) is 2.70. The second kappa shape index (κ2) is 5.13. The molecule has 1 aromatic heterocycles. The molecule has 0 spiro atoms. The number of nitrogens with zero attached hydrogens (tertiary/aromatic N) is 2. The second-order valence-electron chi connectivity index (χ2n) is 4.61. The highest BCUT2D eigenvalue weighted by atomic mass is 35.5. The molecule has 2 heterocycles. The van der Waals surface area contributed by atoms with Gasteiger partial charge in [0.2, 0.25) is 0 Å². The second-order valence-corrected chi connectivity index (χ2v) is 5.02. The molecule has 4 heteroatoms. The first-order valence-electron chi connectivity index (χ1n) is 5.73. The fourth-order valence-electron chi connectivity index (χ4n) is 2.21. The van der Waals surface area contributed by atoms with Crippen molar-refractivity contribution in [2.75, 3.05) is 13.1 Å². The predicted octanol–water partition coefficient (Wildman–Crippen LogP) is 1.90. The van der Waals surface area contributed by atoms with Crippen LogP contribution in [0, 0.1) is 5.92 Å². The average molecular weight is 240 g/mol. The van der Waals surface area contributed by atoms with E-state index in [4.69, 9.17) is 17.3 Å². The molecule has 1 aliphatic heterocycles. The fraction of sp³-hybridized carbons (Fsp3) is 0.583. The minimum absolute atomic E-state index is 0.290. The summed E-state index contributed by atoms with van der Waals surface area (Å²) in [7, 11) is 0. The molecule has 0 radical (unpaired) electrons. The van der Waals surface area contributed by atoms with E-state index < -0.39 is 0 Å². The molecule has 0 amide bonds. The van der Waals surface area contributed by atoms with Gasteiger partial charge in [-0.15, -0.1) is 0 Å². The Morgan fingerprint density at radius 1 is 1.69 bits per heavy atom. The van der Waals surface area contributed by atoms with Gasteiger partial charge in [0.25, 0.3) is 0 Å². The molecule has 1 fully saturated rings. The van der Waals surface area contributed by atoms with Crippen molar-refractivity contribution in [2.45, 2.75) is 25.9 Å². The summed E-state index contributed by atoms with van der Waals surface area (Å²) in [5.41, 5.74) is 7.08. The van der Waals surface area contributed by atoms with Gasteiger partial charge in [0.1, 0.15) is 0 Å². The van der Waals surface area contributed by atoms with Crippen molar-refractivity contribution in [1.82, 2.24) is 9.88 Å². The Bertz CT molecular complexity index is 354. The molecule has 2 N–H and O–H groups in total. The Morgan fingerprint density at radius 3 is 3.12 bits per heavy atom. The molecule has 0 aliphatic carbocycles. The van der Waals surface area contributed by atoms with Crippen LogP contribution in [0.2, 0.25) is 5.02 Å². The van der Waals surface area contributed by atoms with Gasteiger partial charge < -0.3 is 5.73 Å². The normalized spacial score (nSPS) is 23.6. The topological polar surface area (TPSA) is 42.1 Å². The maximum absolute atomic E-state index is 6.09. The molecular formula is C12H18ClN3. The van der Waals surface area contributed by atoms with Gasteiger partial charge in [-0.2, -0.15) is 0 Å². The van der Waals surface area contributed by atoms with Crippen LogP contribution in [-0.2, 0) is 6.54 Å². The Balaban J connectivity index is 1.95. The first-order valence-corrected chi connectivity index (χ1v) is 6.11. The first kappa shape index (κ1) is 11.8. The standard InChI is InChI=1S/C12H18ClN3/c1-9(14)10-3-5-16(7-10)8-11-2-4-15-6-12(11)13/h2,4,6,9-10H,3,5,7-8,14H2,1H3. The summed E-state index contributed by atoms with van der Waals surface area (Å²) >= 11 is 6.09. The Morgan fingerprint density at radius 2 is 2.50 bits per heavy atom. The van der Waals surface area contributed by atoms with Gasteiger partial charge in [0, 0.05) is 31.5 Å². The maximum Gasteiger partial charge on any atom is 0.0634 e. The van der Waals surface area contributed by atoms with E-state index in [1.807, 2.05) is 6.07 Å². The van der Waals surface area contributed by atoms with Gasteiger partial charge in [0.15, 0.2) is 0 Å². The molecule has 88 valence electrons. The molecule has 1 aromatic rings. The number of hydrogen-bond acceptors (Lipinski definition) is 3. The third kappa shape index (κ3) is 2.73. The molecule has 1 aliphatic rings. The van der Waals surface area contributed by atoms with Crippen LogP contribution < -0.4 is 5.73 Å². The summed E-state index contributed by atoms with van der Waals surface area (Å²) in [5, 5.41) is 0.756. The van der Waals surface area contributed by atoms with Crippen LogP contribution >= 0.6 is 11.6 Å². The van der Waals surface area contributed by atoms with Gasteiger partial charge in [-0.3, -0.25) is 9.88 Å². The molecule has 2 unspecified atom stereocenters. The largest absolute Gasteiger partial charge is 0.328 e. The number of aromatic nitrogens is 1. The summed E-state index contributed by atoms with van der Waals surface area (Å²) < 4.78 is 0. The molecular weight excluding hydrogens is 222 g/mol. The maximum atomic E-state index is 6.09. The lowest BCUT2D eigenvalue weighted by atomic mass is 10.0. The van der Waals surface area contributed by atoms with E-state index in [0.717, 1.165) is 30.2 Å². The molecule has 16 heavy (non-hydrogen) atoms.